The SMILES string of the molecule is CCc1ccc(C(=O)N(Cc2ccccc2)C2CCS(=O)(=O)C2)cc1. The maximum Gasteiger partial charge on any atom is 0.254 e. The van der Waals surface area contributed by atoms with Crippen molar-refractivity contribution >= 4 is 15.7 Å². The van der Waals surface area contributed by atoms with Gasteiger partial charge in [0.2, 0.25) is 0 Å². The average molecular weight is 357 g/mol. The normalized spacial score (nSPS) is 18.8. The van der Waals surface area contributed by atoms with Crippen LogP contribution in [0, 0.1) is 0 Å². The summed E-state index contributed by atoms with van der Waals surface area (Å²) in [5.41, 5.74) is 2.79. The number of benzene rings is 2. The zero-order valence-electron chi connectivity index (χ0n) is 14.4. The van der Waals surface area contributed by atoms with Crippen LogP contribution in [0.4, 0.5) is 0 Å². The van der Waals surface area contributed by atoms with E-state index in [1.165, 1.54) is 5.56 Å². The number of carbonyl (C=O) groups is 1. The van der Waals surface area contributed by atoms with Gasteiger partial charge in [-0.2, -0.15) is 0 Å². The fourth-order valence-electron chi connectivity index (χ4n) is 3.22. The molecule has 5 heteroatoms. The Morgan fingerprint density at radius 3 is 2.28 bits per heavy atom. The van der Waals surface area contributed by atoms with Crippen molar-refractivity contribution in [3.8, 4) is 0 Å². The van der Waals surface area contributed by atoms with Gasteiger partial charge in [0.1, 0.15) is 0 Å². The Balaban J connectivity index is 1.88. The van der Waals surface area contributed by atoms with E-state index in [0.717, 1.165) is 12.0 Å². The Hall–Kier alpha value is -2.14. The largest absolute Gasteiger partial charge is 0.330 e. The van der Waals surface area contributed by atoms with Crippen LogP contribution in [0.2, 0.25) is 0 Å². The van der Waals surface area contributed by atoms with E-state index in [-0.39, 0.29) is 23.5 Å². The second-order valence-corrected chi connectivity index (χ2v) is 8.75. The first kappa shape index (κ1) is 17.7. The Bertz CT molecular complexity index is 829. The third-order valence-corrected chi connectivity index (χ3v) is 6.47. The minimum Gasteiger partial charge on any atom is -0.330 e. The number of hydrogen-bond donors (Lipinski definition) is 0. The first-order valence-electron chi connectivity index (χ1n) is 8.63. The first-order valence-corrected chi connectivity index (χ1v) is 10.4. The molecule has 0 saturated carbocycles. The van der Waals surface area contributed by atoms with Crippen molar-refractivity contribution in [1.82, 2.24) is 4.90 Å². The maximum absolute atomic E-state index is 13.1. The molecule has 0 spiro atoms. The van der Waals surface area contributed by atoms with Crippen molar-refractivity contribution in [2.75, 3.05) is 11.5 Å². The number of rotatable bonds is 5. The molecule has 1 unspecified atom stereocenters. The number of nitrogens with zero attached hydrogens (tertiary/aromatic N) is 1. The molecule has 1 heterocycles. The zero-order chi connectivity index (χ0) is 17.9. The predicted molar refractivity (Wildman–Crippen MR) is 99.2 cm³/mol. The van der Waals surface area contributed by atoms with Gasteiger partial charge in [0.05, 0.1) is 11.5 Å². The molecule has 1 atom stereocenters. The molecule has 1 amide bonds. The van der Waals surface area contributed by atoms with Gasteiger partial charge in [-0.25, -0.2) is 8.42 Å². The smallest absolute Gasteiger partial charge is 0.254 e. The molecule has 132 valence electrons. The molecule has 2 aromatic carbocycles. The first-order chi connectivity index (χ1) is 12.0. The summed E-state index contributed by atoms with van der Waals surface area (Å²) in [6, 6.07) is 17.0. The van der Waals surface area contributed by atoms with E-state index in [2.05, 4.69) is 6.92 Å². The van der Waals surface area contributed by atoms with Crippen LogP contribution in [0.15, 0.2) is 54.6 Å². The average Bonchev–Trinajstić information content (AvgIpc) is 2.99. The molecule has 0 aromatic heterocycles. The summed E-state index contributed by atoms with van der Waals surface area (Å²) in [6.45, 7) is 2.50. The molecular formula is C20H23NO3S. The highest BCUT2D eigenvalue weighted by Crippen LogP contribution is 2.22. The molecule has 1 fully saturated rings. The van der Waals surface area contributed by atoms with Gasteiger partial charge in [0.25, 0.3) is 5.91 Å². The number of sulfone groups is 1. The molecule has 0 bridgehead atoms. The number of amides is 1. The molecule has 3 rings (SSSR count). The van der Waals surface area contributed by atoms with Crippen LogP contribution in [-0.4, -0.2) is 36.8 Å². The Morgan fingerprint density at radius 1 is 1.04 bits per heavy atom. The van der Waals surface area contributed by atoms with E-state index in [9.17, 15) is 13.2 Å². The lowest BCUT2D eigenvalue weighted by molar-refractivity contribution is 0.0681. The standard InChI is InChI=1S/C20H23NO3S/c1-2-16-8-10-18(11-9-16)20(22)21(14-17-6-4-3-5-7-17)19-12-13-25(23,24)15-19/h3-11,19H,2,12-15H2,1H3. The summed E-state index contributed by atoms with van der Waals surface area (Å²) in [5.74, 6) is 0.109. The molecule has 25 heavy (non-hydrogen) atoms. The monoisotopic (exact) mass is 357 g/mol. The van der Waals surface area contributed by atoms with Crippen LogP contribution in [0.3, 0.4) is 0 Å². The Labute approximate surface area is 149 Å². The van der Waals surface area contributed by atoms with Crippen LogP contribution >= 0.6 is 0 Å². The van der Waals surface area contributed by atoms with Crippen molar-refractivity contribution in [3.63, 3.8) is 0 Å². The van der Waals surface area contributed by atoms with Crippen molar-refractivity contribution in [2.45, 2.75) is 32.4 Å². The van der Waals surface area contributed by atoms with Crippen LogP contribution in [-0.2, 0) is 22.8 Å². The van der Waals surface area contributed by atoms with Gasteiger partial charge in [-0.3, -0.25) is 4.79 Å². The van der Waals surface area contributed by atoms with E-state index in [1.807, 2.05) is 54.6 Å². The van der Waals surface area contributed by atoms with Gasteiger partial charge in [0, 0.05) is 18.2 Å². The lowest BCUT2D eigenvalue weighted by Gasteiger charge is -2.28. The third-order valence-electron chi connectivity index (χ3n) is 4.71. The van der Waals surface area contributed by atoms with E-state index >= 15 is 0 Å². The minimum absolute atomic E-state index is 0.0542. The topological polar surface area (TPSA) is 54.5 Å². The zero-order valence-corrected chi connectivity index (χ0v) is 15.2. The highest BCUT2D eigenvalue weighted by atomic mass is 32.2. The Kier molecular flexibility index (Phi) is 5.23. The summed E-state index contributed by atoms with van der Waals surface area (Å²) in [5, 5.41) is 0. The second-order valence-electron chi connectivity index (χ2n) is 6.53. The quantitative estimate of drug-likeness (QED) is 0.826. The molecule has 0 radical (unpaired) electrons. The van der Waals surface area contributed by atoms with Crippen LogP contribution < -0.4 is 0 Å². The molecule has 4 nitrogen and oxygen atoms in total. The van der Waals surface area contributed by atoms with Gasteiger partial charge < -0.3 is 4.90 Å². The number of aryl methyl sites for hydroxylation is 1. The Morgan fingerprint density at radius 2 is 1.72 bits per heavy atom. The van der Waals surface area contributed by atoms with Crippen LogP contribution in [0.1, 0.15) is 34.8 Å². The van der Waals surface area contributed by atoms with Crippen LogP contribution in [0.25, 0.3) is 0 Å². The number of hydrogen-bond acceptors (Lipinski definition) is 3. The lowest BCUT2D eigenvalue weighted by Crippen LogP contribution is -2.40. The van der Waals surface area contributed by atoms with Gasteiger partial charge in [-0.05, 0) is 36.1 Å². The predicted octanol–water partition coefficient (Wildman–Crippen LogP) is 3.08. The van der Waals surface area contributed by atoms with E-state index in [1.54, 1.807) is 4.90 Å². The molecular weight excluding hydrogens is 334 g/mol. The fourth-order valence-corrected chi connectivity index (χ4v) is 4.95. The molecule has 1 aliphatic rings. The summed E-state index contributed by atoms with van der Waals surface area (Å²) in [7, 11) is -3.05. The van der Waals surface area contributed by atoms with E-state index in [0.29, 0.717) is 18.5 Å². The lowest BCUT2D eigenvalue weighted by atomic mass is 10.1. The van der Waals surface area contributed by atoms with Gasteiger partial charge in [-0.15, -0.1) is 0 Å². The van der Waals surface area contributed by atoms with Gasteiger partial charge in [0.15, 0.2) is 9.84 Å². The van der Waals surface area contributed by atoms with Crippen molar-refractivity contribution in [2.24, 2.45) is 0 Å². The van der Waals surface area contributed by atoms with Crippen molar-refractivity contribution in [1.29, 1.82) is 0 Å². The molecule has 0 aliphatic carbocycles. The van der Waals surface area contributed by atoms with E-state index in [4.69, 9.17) is 0 Å². The molecule has 0 N–H and O–H groups in total. The van der Waals surface area contributed by atoms with Gasteiger partial charge in [-0.1, -0.05) is 49.4 Å². The van der Waals surface area contributed by atoms with Crippen molar-refractivity contribution in [3.05, 3.63) is 71.3 Å². The maximum atomic E-state index is 13.1. The van der Waals surface area contributed by atoms with Crippen molar-refractivity contribution < 1.29 is 13.2 Å². The van der Waals surface area contributed by atoms with Gasteiger partial charge >= 0.3 is 0 Å². The number of carbonyl (C=O) groups excluding carboxylic acids is 1. The van der Waals surface area contributed by atoms with Crippen LogP contribution in [0.5, 0.6) is 0 Å². The summed E-state index contributed by atoms with van der Waals surface area (Å²) in [6.07, 6.45) is 1.43. The summed E-state index contributed by atoms with van der Waals surface area (Å²) >= 11 is 0. The summed E-state index contributed by atoms with van der Waals surface area (Å²) in [4.78, 5) is 14.8. The second kappa shape index (κ2) is 7.40. The molecule has 1 saturated heterocycles. The third kappa shape index (κ3) is 4.28. The van der Waals surface area contributed by atoms with E-state index < -0.39 is 9.84 Å². The molecule has 1 aliphatic heterocycles. The fraction of sp³-hybridized carbons (Fsp3) is 0.350. The molecule has 2 aromatic rings. The summed E-state index contributed by atoms with van der Waals surface area (Å²) < 4.78 is 23.8. The highest BCUT2D eigenvalue weighted by Gasteiger charge is 2.35. The minimum atomic E-state index is -3.05. The highest BCUT2D eigenvalue weighted by molar-refractivity contribution is 7.91.